The van der Waals surface area contributed by atoms with Gasteiger partial charge in [-0.3, -0.25) is 0 Å². The average molecular weight is 991 g/mol. The molecule has 31 nitrogen and oxygen atoms in total. The topological polar surface area (TPSA) is 506 Å². The molecule has 0 aliphatic carbocycles. The summed E-state index contributed by atoms with van der Waals surface area (Å²) < 4.78 is 60.6. The number of rotatable bonds is 16. The maximum atomic E-state index is 11.2. The molecule has 0 aromatic carbocycles. The lowest BCUT2D eigenvalue weighted by molar-refractivity contribution is -0.400. The molecule has 0 bridgehead atoms. The lowest BCUT2D eigenvalue weighted by Gasteiger charge is -2.49. The maximum absolute atomic E-state index is 11.2. The van der Waals surface area contributed by atoms with Crippen LogP contribution in [0.25, 0.3) is 0 Å². The molecule has 0 aromatic rings. The van der Waals surface area contributed by atoms with Crippen molar-refractivity contribution >= 4 is 0 Å². The van der Waals surface area contributed by atoms with Crippen LogP contribution in [-0.4, -0.2) is 326 Å². The van der Waals surface area contributed by atoms with E-state index in [4.69, 9.17) is 52.1 Å². The Hall–Kier alpha value is -1.24. The van der Waals surface area contributed by atoms with E-state index in [0.29, 0.717) is 0 Å². The molecule has 0 radical (unpaired) electrons. The highest BCUT2D eigenvalue weighted by Crippen LogP contribution is 2.36. The van der Waals surface area contributed by atoms with Crippen molar-refractivity contribution in [2.24, 2.45) is 0 Å². The second-order valence-corrected chi connectivity index (χ2v) is 16.8. The lowest BCUT2D eigenvalue weighted by atomic mass is 9.95. The summed E-state index contributed by atoms with van der Waals surface area (Å²) in [5.41, 5.74) is 0. The third-order valence-corrected chi connectivity index (χ3v) is 12.4. The van der Waals surface area contributed by atoms with Gasteiger partial charge in [0.15, 0.2) is 37.7 Å². The summed E-state index contributed by atoms with van der Waals surface area (Å²) in [5.74, 6) is 0. The molecule has 392 valence electrons. The Morgan fingerprint density at radius 2 is 0.388 bits per heavy atom. The molecule has 6 aliphatic heterocycles. The van der Waals surface area contributed by atoms with Crippen molar-refractivity contribution in [3.05, 3.63) is 0 Å². The summed E-state index contributed by atoms with van der Waals surface area (Å²) in [4.78, 5) is 0. The molecule has 6 fully saturated rings. The van der Waals surface area contributed by atoms with Crippen molar-refractivity contribution in [2.45, 2.75) is 184 Å². The Bertz CT molecular complexity index is 1500. The van der Waals surface area contributed by atoms with Gasteiger partial charge in [0.2, 0.25) is 0 Å². The van der Waals surface area contributed by atoms with Gasteiger partial charge in [0.1, 0.15) is 146 Å². The van der Waals surface area contributed by atoms with Crippen LogP contribution in [0.3, 0.4) is 0 Å². The standard InChI is InChI=1S/C36H62O31/c37-1-7-13(43)15(45)21(51)31(57-7)63-27-9(3-39)59-32(23(53)17(27)47)64-28-10(4-40)60-33(24(54)18(28)48)65-29-11(5-41)61-34(25(55)19(29)49)66-30-12(6-42)62-36(26(56)20(30)50)67-35-22(52)16(46)14(44)8(2-38)58-35/h7-56H,1-6H2/t7-,8-,9-,10-,11-,12-,13+,14+,15+,16+,17+,18-,19-,20-,21-,22-,23-,24-,25-,26-,27+,28+,29+,30-,31+,32+,33+,34+,35+,36-/m1/s1. The third-order valence-electron chi connectivity index (χ3n) is 12.4. The number of hydrogen-bond donors (Lipinski definition) is 20. The number of aliphatic hydroxyl groups excluding tert-OH is 20. The van der Waals surface area contributed by atoms with E-state index in [1.54, 1.807) is 0 Å². The van der Waals surface area contributed by atoms with Gasteiger partial charge in [0.05, 0.1) is 39.6 Å². The van der Waals surface area contributed by atoms with Gasteiger partial charge < -0.3 is 154 Å². The van der Waals surface area contributed by atoms with Gasteiger partial charge in [-0.2, -0.15) is 0 Å². The maximum Gasteiger partial charge on any atom is 0.189 e. The summed E-state index contributed by atoms with van der Waals surface area (Å²) in [6.07, 6.45) is -56.5. The van der Waals surface area contributed by atoms with E-state index in [1.165, 1.54) is 0 Å². The number of ether oxygens (including phenoxy) is 11. The Morgan fingerprint density at radius 1 is 0.209 bits per heavy atom. The van der Waals surface area contributed by atoms with E-state index < -0.39 is 224 Å². The molecule has 0 spiro atoms. The summed E-state index contributed by atoms with van der Waals surface area (Å²) in [7, 11) is 0. The van der Waals surface area contributed by atoms with Crippen LogP contribution >= 0.6 is 0 Å². The lowest BCUT2D eigenvalue weighted by Crippen LogP contribution is -2.68. The fourth-order valence-corrected chi connectivity index (χ4v) is 8.44. The van der Waals surface area contributed by atoms with Gasteiger partial charge in [-0.25, -0.2) is 0 Å². The van der Waals surface area contributed by atoms with E-state index >= 15 is 0 Å². The van der Waals surface area contributed by atoms with Crippen molar-refractivity contribution in [1.82, 2.24) is 0 Å². The van der Waals surface area contributed by atoms with Gasteiger partial charge in [-0.05, 0) is 0 Å². The van der Waals surface area contributed by atoms with Crippen molar-refractivity contribution in [3.8, 4) is 0 Å². The summed E-state index contributed by atoms with van der Waals surface area (Å²) in [6, 6.07) is 0. The SMILES string of the molecule is OC[C@H]1O[C@@H](O[C@H]2O[C@H](CO)[C@@H](O[C@@H]3O[C@H](CO)[C@H](O[C@@H]4O[C@H](CO)[C@H](O[C@@H]5O[C@H](CO)[C@H](O[C@@H]6O[C@H](CO)[C@H](O)[C@H](O)[C@H]6O)[C@@H](O)[C@H]5O)[C@H](O)[C@H]4O)[C@H](O)[C@H]3O)[C@H](O)[C@H]2O)[C@H](O)[C@@H](O)[C@H]1O. The van der Waals surface area contributed by atoms with Crippen molar-refractivity contribution in [2.75, 3.05) is 39.6 Å². The van der Waals surface area contributed by atoms with Crippen LogP contribution in [0, 0.1) is 0 Å². The van der Waals surface area contributed by atoms with Crippen LogP contribution in [0.15, 0.2) is 0 Å². The minimum absolute atomic E-state index is 0.828. The summed E-state index contributed by atoms with van der Waals surface area (Å²) in [6.45, 7) is -5.64. The first-order valence-electron chi connectivity index (χ1n) is 21.1. The number of aliphatic hydroxyl groups is 20. The highest BCUT2D eigenvalue weighted by molar-refractivity contribution is 4.99. The zero-order valence-corrected chi connectivity index (χ0v) is 35.0. The first-order chi connectivity index (χ1) is 31.8. The zero-order valence-electron chi connectivity index (χ0n) is 35.0. The molecule has 6 heterocycles. The Morgan fingerprint density at radius 3 is 0.597 bits per heavy atom. The predicted octanol–water partition coefficient (Wildman–Crippen LogP) is -14.1. The van der Waals surface area contributed by atoms with E-state index in [9.17, 15) is 102 Å². The highest BCUT2D eigenvalue weighted by Gasteiger charge is 2.57. The fraction of sp³-hybridized carbons (Fsp3) is 1.00. The Labute approximate surface area is 378 Å². The van der Waals surface area contributed by atoms with E-state index in [-0.39, 0.29) is 0 Å². The van der Waals surface area contributed by atoms with Crippen LogP contribution in [0.1, 0.15) is 0 Å². The second-order valence-electron chi connectivity index (χ2n) is 16.8. The van der Waals surface area contributed by atoms with Crippen molar-refractivity contribution in [1.29, 1.82) is 0 Å². The largest absolute Gasteiger partial charge is 0.394 e. The van der Waals surface area contributed by atoms with Gasteiger partial charge in [0.25, 0.3) is 0 Å². The van der Waals surface area contributed by atoms with E-state index in [2.05, 4.69) is 0 Å². The normalized spacial score (nSPS) is 53.4. The Balaban J connectivity index is 1.06. The van der Waals surface area contributed by atoms with Gasteiger partial charge in [-0.1, -0.05) is 0 Å². The van der Waals surface area contributed by atoms with Gasteiger partial charge in [-0.15, -0.1) is 0 Å². The minimum Gasteiger partial charge on any atom is -0.394 e. The fourth-order valence-electron chi connectivity index (χ4n) is 8.44. The first kappa shape index (κ1) is 55.1. The molecule has 0 aromatic heterocycles. The first-order valence-corrected chi connectivity index (χ1v) is 21.1. The van der Waals surface area contributed by atoms with Crippen LogP contribution in [0.2, 0.25) is 0 Å². The molecule has 0 amide bonds. The number of hydrogen-bond acceptors (Lipinski definition) is 31. The molecule has 0 saturated carbocycles. The van der Waals surface area contributed by atoms with Crippen LogP contribution in [0.5, 0.6) is 0 Å². The minimum atomic E-state index is -2.17. The van der Waals surface area contributed by atoms with Crippen LogP contribution < -0.4 is 0 Å². The smallest absolute Gasteiger partial charge is 0.189 e. The molecule has 20 N–H and O–H groups in total. The van der Waals surface area contributed by atoms with Crippen molar-refractivity contribution in [3.63, 3.8) is 0 Å². The second kappa shape index (κ2) is 23.5. The summed E-state index contributed by atoms with van der Waals surface area (Å²) in [5, 5.41) is 209. The van der Waals surface area contributed by atoms with Gasteiger partial charge >= 0.3 is 0 Å². The highest BCUT2D eigenvalue weighted by atomic mass is 16.8. The van der Waals surface area contributed by atoms with Gasteiger partial charge in [0, 0.05) is 0 Å². The summed E-state index contributed by atoms with van der Waals surface area (Å²) >= 11 is 0. The average Bonchev–Trinajstić information content (AvgIpc) is 3.32. The Kier molecular flexibility index (Phi) is 19.4. The quantitative estimate of drug-likeness (QED) is 0.0683. The molecule has 6 saturated heterocycles. The molecule has 30 atom stereocenters. The van der Waals surface area contributed by atoms with Crippen LogP contribution in [-0.2, 0) is 52.1 Å². The molecule has 0 unspecified atom stereocenters. The monoisotopic (exact) mass is 990 g/mol. The van der Waals surface area contributed by atoms with E-state index in [0.717, 1.165) is 0 Å². The third kappa shape index (κ3) is 11.2. The van der Waals surface area contributed by atoms with E-state index in [1.807, 2.05) is 0 Å². The molecular weight excluding hydrogens is 928 g/mol. The van der Waals surface area contributed by atoms with Crippen molar-refractivity contribution < 1.29 is 154 Å². The molecule has 31 heteroatoms. The molecular formula is C36H62O31. The molecule has 6 aliphatic rings. The predicted molar refractivity (Wildman–Crippen MR) is 199 cm³/mol. The van der Waals surface area contributed by atoms with Crippen LogP contribution in [0.4, 0.5) is 0 Å². The molecule has 67 heavy (non-hydrogen) atoms. The molecule has 6 rings (SSSR count). The zero-order chi connectivity index (χ0) is 49.3.